The molecule has 2 heteroatoms. The lowest BCUT2D eigenvalue weighted by Gasteiger charge is -2.36. The van der Waals surface area contributed by atoms with Gasteiger partial charge in [-0.3, -0.25) is 0 Å². The van der Waals surface area contributed by atoms with Crippen LogP contribution in [0.2, 0.25) is 5.02 Å². The molecule has 1 aromatic rings. The van der Waals surface area contributed by atoms with Gasteiger partial charge in [-0.1, -0.05) is 37.6 Å². The Labute approximate surface area is 102 Å². The van der Waals surface area contributed by atoms with E-state index in [2.05, 4.69) is 32.0 Å². The number of nitrogens with zero attached hydrogens (tertiary/aromatic N) is 1. The van der Waals surface area contributed by atoms with Crippen molar-refractivity contribution in [2.24, 2.45) is 0 Å². The van der Waals surface area contributed by atoms with Crippen molar-refractivity contribution in [3.05, 3.63) is 34.3 Å². The lowest BCUT2D eigenvalue weighted by Crippen LogP contribution is -2.32. The molecule has 0 bridgehead atoms. The smallest absolute Gasteiger partial charge is 0.0823 e. The Morgan fingerprint density at radius 3 is 2.44 bits per heavy atom. The molecule has 0 N–H and O–H groups in total. The summed E-state index contributed by atoms with van der Waals surface area (Å²) in [4.78, 5) is 0. The van der Waals surface area contributed by atoms with Gasteiger partial charge in [-0.15, -0.1) is 0 Å². The van der Waals surface area contributed by atoms with Gasteiger partial charge in [0.2, 0.25) is 0 Å². The first-order valence-corrected chi connectivity index (χ1v) is 6.18. The number of hydrogen-bond donors (Lipinski definition) is 0. The predicted molar refractivity (Wildman–Crippen MR) is 66.7 cm³/mol. The molecule has 0 spiro atoms. The predicted octanol–water partition coefficient (Wildman–Crippen LogP) is 4.41. The van der Waals surface area contributed by atoms with E-state index in [0.29, 0.717) is 5.92 Å². The normalized spacial score (nSPS) is 17.9. The molecule has 0 saturated heterocycles. The van der Waals surface area contributed by atoms with Crippen LogP contribution >= 0.6 is 11.6 Å². The molecule has 2 rings (SSSR count). The molecule has 0 amide bonds. The standard InChI is InChI=1S/C14H16ClN/c1-10(2)12-5-4-11(8-13(12)15)14(9-16)6-3-7-14/h4-5,8,10H,3,6-7H2,1-2H3. The van der Waals surface area contributed by atoms with E-state index in [1.54, 1.807) is 0 Å². The maximum atomic E-state index is 9.27. The molecule has 0 atom stereocenters. The molecular weight excluding hydrogens is 218 g/mol. The maximum Gasteiger partial charge on any atom is 0.0823 e. The van der Waals surface area contributed by atoms with Gasteiger partial charge in [0.15, 0.2) is 0 Å². The molecule has 0 radical (unpaired) electrons. The van der Waals surface area contributed by atoms with E-state index in [0.717, 1.165) is 35.4 Å². The molecule has 0 aromatic heterocycles. The second-order valence-corrected chi connectivity index (χ2v) is 5.35. The van der Waals surface area contributed by atoms with Crippen LogP contribution in [0.25, 0.3) is 0 Å². The SMILES string of the molecule is CC(C)c1ccc(C2(C#N)CCC2)cc1Cl. The van der Waals surface area contributed by atoms with Gasteiger partial charge in [-0.05, 0) is 42.4 Å². The minimum absolute atomic E-state index is 0.251. The number of hydrogen-bond acceptors (Lipinski definition) is 1. The third-order valence-electron chi connectivity index (χ3n) is 3.60. The van der Waals surface area contributed by atoms with Crippen molar-refractivity contribution in [2.45, 2.75) is 44.4 Å². The van der Waals surface area contributed by atoms with Crippen molar-refractivity contribution in [1.29, 1.82) is 5.26 Å². The van der Waals surface area contributed by atoms with Gasteiger partial charge in [-0.2, -0.15) is 5.26 Å². The Hall–Kier alpha value is -1.00. The van der Waals surface area contributed by atoms with E-state index in [-0.39, 0.29) is 5.41 Å². The zero-order valence-corrected chi connectivity index (χ0v) is 10.5. The molecule has 1 nitrogen and oxygen atoms in total. The zero-order valence-electron chi connectivity index (χ0n) is 9.76. The van der Waals surface area contributed by atoms with Crippen LogP contribution in [0.3, 0.4) is 0 Å². The first-order valence-electron chi connectivity index (χ1n) is 5.80. The van der Waals surface area contributed by atoms with Crippen molar-refractivity contribution < 1.29 is 0 Å². The fourth-order valence-corrected chi connectivity index (χ4v) is 2.69. The van der Waals surface area contributed by atoms with E-state index in [1.807, 2.05) is 6.07 Å². The molecule has 1 fully saturated rings. The van der Waals surface area contributed by atoms with Crippen LogP contribution in [0, 0.1) is 11.3 Å². The van der Waals surface area contributed by atoms with Crippen LogP contribution in [-0.4, -0.2) is 0 Å². The third-order valence-corrected chi connectivity index (χ3v) is 3.92. The average Bonchev–Trinajstić information content (AvgIpc) is 2.16. The second-order valence-electron chi connectivity index (χ2n) is 4.94. The molecule has 84 valence electrons. The highest BCUT2D eigenvalue weighted by Crippen LogP contribution is 2.44. The van der Waals surface area contributed by atoms with E-state index in [4.69, 9.17) is 11.6 Å². The van der Waals surface area contributed by atoms with Crippen LogP contribution in [0.15, 0.2) is 18.2 Å². The molecule has 0 heterocycles. The minimum atomic E-state index is -0.251. The van der Waals surface area contributed by atoms with E-state index in [9.17, 15) is 5.26 Å². The maximum absolute atomic E-state index is 9.27. The van der Waals surface area contributed by atoms with Crippen LogP contribution in [0.1, 0.15) is 50.2 Å². The van der Waals surface area contributed by atoms with Crippen molar-refractivity contribution in [3.8, 4) is 6.07 Å². The molecular formula is C14H16ClN. The van der Waals surface area contributed by atoms with Gasteiger partial charge in [0.05, 0.1) is 11.5 Å². The fraction of sp³-hybridized carbons (Fsp3) is 0.500. The van der Waals surface area contributed by atoms with Crippen LogP contribution in [0.4, 0.5) is 0 Å². The second kappa shape index (κ2) is 4.11. The Bertz CT molecular complexity index is 439. The zero-order chi connectivity index (χ0) is 11.8. The van der Waals surface area contributed by atoms with Gasteiger partial charge in [0.25, 0.3) is 0 Å². The Balaban J connectivity index is 2.39. The summed E-state index contributed by atoms with van der Waals surface area (Å²) in [5.74, 6) is 0.431. The molecule has 0 aliphatic heterocycles. The lowest BCUT2D eigenvalue weighted by atomic mass is 9.65. The Morgan fingerprint density at radius 1 is 1.38 bits per heavy atom. The topological polar surface area (TPSA) is 23.8 Å². The first kappa shape index (κ1) is 11.5. The highest BCUT2D eigenvalue weighted by atomic mass is 35.5. The van der Waals surface area contributed by atoms with Crippen LogP contribution < -0.4 is 0 Å². The molecule has 1 saturated carbocycles. The number of benzene rings is 1. The summed E-state index contributed by atoms with van der Waals surface area (Å²) < 4.78 is 0. The Kier molecular flexibility index (Phi) is 2.95. The van der Waals surface area contributed by atoms with Crippen LogP contribution in [-0.2, 0) is 5.41 Å². The number of rotatable bonds is 2. The molecule has 0 unspecified atom stereocenters. The summed E-state index contributed by atoms with van der Waals surface area (Å²) >= 11 is 6.26. The van der Waals surface area contributed by atoms with Gasteiger partial charge < -0.3 is 0 Å². The molecule has 1 aliphatic rings. The first-order chi connectivity index (χ1) is 7.59. The van der Waals surface area contributed by atoms with E-state index >= 15 is 0 Å². The quantitative estimate of drug-likeness (QED) is 0.742. The monoisotopic (exact) mass is 233 g/mol. The third kappa shape index (κ3) is 1.72. The minimum Gasteiger partial charge on any atom is -0.197 e. The largest absolute Gasteiger partial charge is 0.197 e. The van der Waals surface area contributed by atoms with Crippen molar-refractivity contribution in [1.82, 2.24) is 0 Å². The summed E-state index contributed by atoms with van der Waals surface area (Å²) in [5.41, 5.74) is 2.01. The van der Waals surface area contributed by atoms with Crippen molar-refractivity contribution in [3.63, 3.8) is 0 Å². The summed E-state index contributed by atoms with van der Waals surface area (Å²) in [7, 11) is 0. The van der Waals surface area contributed by atoms with Crippen LogP contribution in [0.5, 0.6) is 0 Å². The number of nitriles is 1. The Morgan fingerprint density at radius 2 is 2.06 bits per heavy atom. The highest BCUT2D eigenvalue weighted by molar-refractivity contribution is 6.31. The fourth-order valence-electron chi connectivity index (χ4n) is 2.29. The van der Waals surface area contributed by atoms with Gasteiger partial charge in [0, 0.05) is 5.02 Å². The summed E-state index contributed by atoms with van der Waals surface area (Å²) in [5, 5.41) is 10.1. The van der Waals surface area contributed by atoms with Gasteiger partial charge in [-0.25, -0.2) is 0 Å². The van der Waals surface area contributed by atoms with Gasteiger partial charge >= 0.3 is 0 Å². The molecule has 1 aliphatic carbocycles. The highest BCUT2D eigenvalue weighted by Gasteiger charge is 2.39. The average molecular weight is 234 g/mol. The summed E-state index contributed by atoms with van der Waals surface area (Å²) in [6, 6.07) is 8.58. The van der Waals surface area contributed by atoms with Crippen molar-refractivity contribution in [2.75, 3.05) is 0 Å². The summed E-state index contributed by atoms with van der Waals surface area (Å²) in [6.45, 7) is 4.26. The lowest BCUT2D eigenvalue weighted by molar-refractivity contribution is 0.324. The van der Waals surface area contributed by atoms with Gasteiger partial charge in [0.1, 0.15) is 0 Å². The van der Waals surface area contributed by atoms with E-state index < -0.39 is 0 Å². The van der Waals surface area contributed by atoms with E-state index in [1.165, 1.54) is 0 Å². The molecule has 1 aromatic carbocycles. The molecule has 16 heavy (non-hydrogen) atoms. The number of halogens is 1. The van der Waals surface area contributed by atoms with Crippen molar-refractivity contribution >= 4 is 11.6 Å². The summed E-state index contributed by atoms with van der Waals surface area (Å²) in [6.07, 6.45) is 3.10.